The average molecular weight is 211 g/mol. The summed E-state index contributed by atoms with van der Waals surface area (Å²) in [6.45, 7) is 5.04. The molecular weight excluding hydrogens is 186 g/mol. The van der Waals surface area contributed by atoms with E-state index in [4.69, 9.17) is 5.73 Å². The molecule has 0 radical (unpaired) electrons. The lowest BCUT2D eigenvalue weighted by Gasteiger charge is -2.27. The van der Waals surface area contributed by atoms with Crippen molar-refractivity contribution in [3.05, 3.63) is 0 Å². The van der Waals surface area contributed by atoms with Crippen molar-refractivity contribution in [1.82, 2.24) is 10.2 Å². The zero-order chi connectivity index (χ0) is 10.5. The fraction of sp³-hybridized carbons (Fsp3) is 1.00. The second-order valence-corrected chi connectivity index (χ2v) is 5.11. The van der Waals surface area contributed by atoms with Crippen LogP contribution in [0, 0.1) is 0 Å². The number of nitrogens with one attached hydrogen (secondary N) is 1. The molecule has 0 aromatic rings. The third-order valence-corrected chi connectivity index (χ3v) is 3.83. The number of nitrogens with zero attached hydrogens (tertiary/aromatic N) is 1. The van der Waals surface area contributed by atoms with Crippen LogP contribution in [-0.4, -0.2) is 43.2 Å². The molecule has 0 amide bonds. The Balaban J connectivity index is 1.53. The maximum Gasteiger partial charge on any atom is 0.0107 e. The zero-order valence-corrected chi connectivity index (χ0v) is 9.75. The van der Waals surface area contributed by atoms with Gasteiger partial charge in [-0.2, -0.15) is 0 Å². The largest absolute Gasteiger partial charge is 0.328 e. The normalized spacial score (nSPS) is 33.4. The molecule has 1 aliphatic heterocycles. The van der Waals surface area contributed by atoms with Crippen molar-refractivity contribution in [2.45, 2.75) is 50.6 Å². The Morgan fingerprint density at radius 1 is 1.07 bits per heavy atom. The average Bonchev–Trinajstić information content (AvgIpc) is 2.74. The van der Waals surface area contributed by atoms with Crippen LogP contribution >= 0.6 is 0 Å². The first kappa shape index (κ1) is 11.4. The quantitative estimate of drug-likeness (QED) is 0.727. The molecule has 1 aliphatic carbocycles. The van der Waals surface area contributed by atoms with Crippen molar-refractivity contribution in [2.75, 3.05) is 26.2 Å². The number of hydrogen-bond acceptors (Lipinski definition) is 3. The molecule has 3 N–H and O–H groups in total. The van der Waals surface area contributed by atoms with E-state index in [0.29, 0.717) is 6.04 Å². The predicted molar refractivity (Wildman–Crippen MR) is 63.9 cm³/mol. The molecular formula is C12H25N3. The maximum absolute atomic E-state index is 5.89. The molecule has 2 aliphatic rings. The molecule has 88 valence electrons. The third kappa shape index (κ3) is 3.74. The lowest BCUT2D eigenvalue weighted by atomic mass is 9.92. The molecule has 0 spiro atoms. The van der Waals surface area contributed by atoms with Gasteiger partial charge in [-0.15, -0.1) is 0 Å². The summed E-state index contributed by atoms with van der Waals surface area (Å²) in [5.41, 5.74) is 5.89. The van der Waals surface area contributed by atoms with Crippen molar-refractivity contribution in [2.24, 2.45) is 5.73 Å². The van der Waals surface area contributed by atoms with Crippen molar-refractivity contribution < 1.29 is 0 Å². The summed E-state index contributed by atoms with van der Waals surface area (Å²) < 4.78 is 0. The molecule has 1 heterocycles. The second kappa shape index (κ2) is 5.83. The van der Waals surface area contributed by atoms with Gasteiger partial charge in [0.1, 0.15) is 0 Å². The van der Waals surface area contributed by atoms with E-state index >= 15 is 0 Å². The highest BCUT2D eigenvalue weighted by Crippen LogP contribution is 2.16. The van der Waals surface area contributed by atoms with Gasteiger partial charge < -0.3 is 16.0 Å². The Labute approximate surface area is 93.4 Å². The van der Waals surface area contributed by atoms with E-state index < -0.39 is 0 Å². The minimum atomic E-state index is 0.474. The molecule has 3 nitrogen and oxygen atoms in total. The smallest absolute Gasteiger partial charge is 0.0107 e. The summed E-state index contributed by atoms with van der Waals surface area (Å²) in [5.74, 6) is 0. The van der Waals surface area contributed by atoms with Gasteiger partial charge in [0.25, 0.3) is 0 Å². The van der Waals surface area contributed by atoms with Gasteiger partial charge in [0.2, 0.25) is 0 Å². The van der Waals surface area contributed by atoms with Crippen molar-refractivity contribution >= 4 is 0 Å². The van der Waals surface area contributed by atoms with Crippen molar-refractivity contribution in [3.63, 3.8) is 0 Å². The lowest BCUT2D eigenvalue weighted by Crippen LogP contribution is -2.40. The van der Waals surface area contributed by atoms with Gasteiger partial charge in [-0.1, -0.05) is 0 Å². The molecule has 0 atom stereocenters. The van der Waals surface area contributed by atoms with E-state index in [1.807, 2.05) is 0 Å². The van der Waals surface area contributed by atoms with E-state index in [-0.39, 0.29) is 0 Å². The molecule has 0 aromatic carbocycles. The van der Waals surface area contributed by atoms with Gasteiger partial charge in [0.15, 0.2) is 0 Å². The number of hydrogen-bond donors (Lipinski definition) is 2. The van der Waals surface area contributed by atoms with E-state index in [1.165, 1.54) is 64.7 Å². The zero-order valence-electron chi connectivity index (χ0n) is 9.75. The minimum Gasteiger partial charge on any atom is -0.328 e. The maximum atomic E-state index is 5.89. The molecule has 3 heteroatoms. The summed E-state index contributed by atoms with van der Waals surface area (Å²) in [7, 11) is 0. The molecule has 0 aromatic heterocycles. The van der Waals surface area contributed by atoms with Gasteiger partial charge in [-0.25, -0.2) is 0 Å². The van der Waals surface area contributed by atoms with Crippen molar-refractivity contribution in [3.8, 4) is 0 Å². The summed E-state index contributed by atoms with van der Waals surface area (Å²) >= 11 is 0. The first-order chi connectivity index (χ1) is 7.34. The second-order valence-electron chi connectivity index (χ2n) is 5.11. The summed E-state index contributed by atoms with van der Waals surface area (Å²) in [6.07, 6.45) is 7.78. The van der Waals surface area contributed by atoms with Crippen LogP contribution in [0.15, 0.2) is 0 Å². The summed E-state index contributed by atoms with van der Waals surface area (Å²) in [4.78, 5) is 2.57. The van der Waals surface area contributed by atoms with Gasteiger partial charge >= 0.3 is 0 Å². The van der Waals surface area contributed by atoms with Crippen LogP contribution in [-0.2, 0) is 0 Å². The molecule has 1 saturated carbocycles. The van der Waals surface area contributed by atoms with Gasteiger partial charge in [-0.3, -0.25) is 0 Å². The summed E-state index contributed by atoms with van der Waals surface area (Å²) in [6, 6.07) is 1.22. The monoisotopic (exact) mass is 211 g/mol. The highest BCUT2D eigenvalue weighted by Gasteiger charge is 2.18. The summed E-state index contributed by atoms with van der Waals surface area (Å²) in [5, 5.41) is 3.67. The van der Waals surface area contributed by atoms with E-state index in [1.54, 1.807) is 0 Å². The topological polar surface area (TPSA) is 41.3 Å². The predicted octanol–water partition coefficient (Wildman–Crippen LogP) is 0.942. The van der Waals surface area contributed by atoms with Crippen LogP contribution < -0.4 is 11.1 Å². The van der Waals surface area contributed by atoms with E-state index in [2.05, 4.69) is 10.2 Å². The first-order valence-electron chi connectivity index (χ1n) is 6.56. The standard InChI is InChI=1S/C12H25N3/c13-11-3-5-12(6-4-11)14-7-10-15-8-1-2-9-15/h11-12,14H,1-10,13H2. The Morgan fingerprint density at radius 2 is 1.73 bits per heavy atom. The first-order valence-corrected chi connectivity index (χ1v) is 6.56. The number of rotatable bonds is 4. The van der Waals surface area contributed by atoms with E-state index in [0.717, 1.165) is 6.04 Å². The van der Waals surface area contributed by atoms with Gasteiger partial charge in [-0.05, 0) is 51.6 Å². The Kier molecular flexibility index (Phi) is 4.42. The van der Waals surface area contributed by atoms with Crippen LogP contribution in [0.25, 0.3) is 0 Å². The van der Waals surface area contributed by atoms with Crippen LogP contribution in [0.5, 0.6) is 0 Å². The minimum absolute atomic E-state index is 0.474. The number of nitrogens with two attached hydrogens (primary N) is 1. The lowest BCUT2D eigenvalue weighted by molar-refractivity contribution is 0.299. The van der Waals surface area contributed by atoms with Gasteiger partial charge in [0.05, 0.1) is 0 Å². The molecule has 0 unspecified atom stereocenters. The number of likely N-dealkylation sites (tertiary alicyclic amines) is 1. The highest BCUT2D eigenvalue weighted by molar-refractivity contribution is 4.79. The van der Waals surface area contributed by atoms with Crippen LogP contribution in [0.3, 0.4) is 0 Å². The van der Waals surface area contributed by atoms with Gasteiger partial charge in [0, 0.05) is 25.2 Å². The van der Waals surface area contributed by atoms with Crippen LogP contribution in [0.2, 0.25) is 0 Å². The third-order valence-electron chi connectivity index (χ3n) is 3.83. The molecule has 0 bridgehead atoms. The molecule has 1 saturated heterocycles. The van der Waals surface area contributed by atoms with E-state index in [9.17, 15) is 0 Å². The Morgan fingerprint density at radius 3 is 2.40 bits per heavy atom. The molecule has 15 heavy (non-hydrogen) atoms. The fourth-order valence-corrected chi connectivity index (χ4v) is 2.76. The Bertz CT molecular complexity index is 170. The highest BCUT2D eigenvalue weighted by atomic mass is 15.2. The fourth-order valence-electron chi connectivity index (χ4n) is 2.76. The molecule has 2 fully saturated rings. The molecule has 2 rings (SSSR count). The van der Waals surface area contributed by atoms with Crippen LogP contribution in [0.1, 0.15) is 38.5 Å². The Hall–Kier alpha value is -0.120. The van der Waals surface area contributed by atoms with Crippen LogP contribution in [0.4, 0.5) is 0 Å². The van der Waals surface area contributed by atoms with Crippen molar-refractivity contribution in [1.29, 1.82) is 0 Å². The SMILES string of the molecule is NC1CCC(NCCN2CCCC2)CC1.